The van der Waals surface area contributed by atoms with E-state index in [0.717, 1.165) is 24.1 Å². The topological polar surface area (TPSA) is 78.0 Å². The van der Waals surface area contributed by atoms with Gasteiger partial charge in [0, 0.05) is 41.9 Å². The zero-order chi connectivity index (χ0) is 23.3. The highest BCUT2D eigenvalue weighted by molar-refractivity contribution is 5.94. The summed E-state index contributed by atoms with van der Waals surface area (Å²) in [6, 6.07) is 11.1. The SMILES string of the molecule is COc1cc(C(C)=O)ccc1COc1cccc(C2CCN(C(=O)OC(C)(C)C)CC2)n1. The number of piperidine rings is 1. The molecule has 0 N–H and O–H groups in total. The second-order valence-corrected chi connectivity index (χ2v) is 9.01. The maximum Gasteiger partial charge on any atom is 0.410 e. The fourth-order valence-corrected chi connectivity index (χ4v) is 3.66. The Morgan fingerprint density at radius 1 is 1.12 bits per heavy atom. The molecule has 7 nitrogen and oxygen atoms in total. The number of Topliss-reactive ketones (excluding diaryl/α,β-unsaturated/α-hetero) is 1. The van der Waals surface area contributed by atoms with Crippen LogP contribution < -0.4 is 9.47 Å². The maximum atomic E-state index is 12.3. The number of ether oxygens (including phenoxy) is 3. The normalized spacial score (nSPS) is 14.7. The lowest BCUT2D eigenvalue weighted by Crippen LogP contribution is -2.41. The summed E-state index contributed by atoms with van der Waals surface area (Å²) in [5, 5.41) is 0. The lowest BCUT2D eigenvalue weighted by molar-refractivity contribution is 0.0203. The number of carbonyl (C=O) groups excluding carboxylic acids is 2. The second-order valence-electron chi connectivity index (χ2n) is 9.01. The van der Waals surface area contributed by atoms with Crippen LogP contribution in [-0.2, 0) is 11.3 Å². The molecule has 2 aromatic rings. The van der Waals surface area contributed by atoms with Gasteiger partial charge in [0.15, 0.2) is 5.78 Å². The predicted octanol–water partition coefficient (Wildman–Crippen LogP) is 4.99. The third-order valence-electron chi connectivity index (χ3n) is 5.38. The molecule has 1 fully saturated rings. The van der Waals surface area contributed by atoms with E-state index < -0.39 is 5.60 Å². The Morgan fingerprint density at radius 2 is 1.84 bits per heavy atom. The number of benzene rings is 1. The fraction of sp³-hybridized carbons (Fsp3) is 0.480. The van der Waals surface area contributed by atoms with E-state index >= 15 is 0 Å². The first-order chi connectivity index (χ1) is 15.2. The van der Waals surface area contributed by atoms with Gasteiger partial charge in [0.25, 0.3) is 0 Å². The Balaban J connectivity index is 1.60. The van der Waals surface area contributed by atoms with Gasteiger partial charge in [-0.05, 0) is 52.7 Å². The standard InChI is InChI=1S/C25H32N2O5/c1-17(28)19-9-10-20(22(15-19)30-5)16-31-23-8-6-7-21(26-23)18-11-13-27(14-12-18)24(29)32-25(2,3)4/h6-10,15,18H,11-14,16H2,1-5H3. The van der Waals surface area contributed by atoms with Crippen molar-refractivity contribution in [2.75, 3.05) is 20.2 Å². The maximum absolute atomic E-state index is 12.3. The van der Waals surface area contributed by atoms with Gasteiger partial charge < -0.3 is 19.1 Å². The van der Waals surface area contributed by atoms with Crippen LogP contribution in [0.25, 0.3) is 0 Å². The number of ketones is 1. The van der Waals surface area contributed by atoms with E-state index in [1.807, 2.05) is 45.0 Å². The Labute approximate surface area is 189 Å². The summed E-state index contributed by atoms with van der Waals surface area (Å²) >= 11 is 0. The molecule has 32 heavy (non-hydrogen) atoms. The molecule has 2 heterocycles. The minimum atomic E-state index is -0.490. The lowest BCUT2D eigenvalue weighted by Gasteiger charge is -2.33. The van der Waals surface area contributed by atoms with E-state index in [9.17, 15) is 9.59 Å². The van der Waals surface area contributed by atoms with Crippen molar-refractivity contribution in [2.45, 2.75) is 58.7 Å². The Hall–Kier alpha value is -3.09. The molecule has 1 aromatic heterocycles. The molecule has 1 aliphatic heterocycles. The van der Waals surface area contributed by atoms with Crippen molar-refractivity contribution in [3.63, 3.8) is 0 Å². The minimum Gasteiger partial charge on any atom is -0.496 e. The van der Waals surface area contributed by atoms with Crippen LogP contribution in [0.15, 0.2) is 36.4 Å². The van der Waals surface area contributed by atoms with Crippen molar-refractivity contribution >= 4 is 11.9 Å². The highest BCUT2D eigenvalue weighted by Gasteiger charge is 2.28. The summed E-state index contributed by atoms with van der Waals surface area (Å²) in [7, 11) is 1.57. The van der Waals surface area contributed by atoms with E-state index in [1.165, 1.54) is 6.92 Å². The summed E-state index contributed by atoms with van der Waals surface area (Å²) in [5.74, 6) is 1.41. The van der Waals surface area contributed by atoms with Crippen molar-refractivity contribution in [1.29, 1.82) is 0 Å². The van der Waals surface area contributed by atoms with Crippen molar-refractivity contribution in [3.05, 3.63) is 53.2 Å². The van der Waals surface area contributed by atoms with Gasteiger partial charge >= 0.3 is 6.09 Å². The van der Waals surface area contributed by atoms with Gasteiger partial charge in [0.1, 0.15) is 18.0 Å². The number of amides is 1. The number of rotatable bonds is 6. The number of nitrogens with zero attached hydrogens (tertiary/aromatic N) is 2. The summed E-state index contributed by atoms with van der Waals surface area (Å²) in [6.45, 7) is 8.73. The molecule has 0 atom stereocenters. The van der Waals surface area contributed by atoms with Crippen molar-refractivity contribution in [1.82, 2.24) is 9.88 Å². The zero-order valence-electron chi connectivity index (χ0n) is 19.5. The molecule has 3 rings (SSSR count). The number of hydrogen-bond donors (Lipinski definition) is 0. The third kappa shape index (κ3) is 6.22. The summed E-state index contributed by atoms with van der Waals surface area (Å²) < 4.78 is 16.8. The Morgan fingerprint density at radius 3 is 2.47 bits per heavy atom. The summed E-state index contributed by atoms with van der Waals surface area (Å²) in [5.41, 5.74) is 1.92. The van der Waals surface area contributed by atoms with Gasteiger partial charge in [0.05, 0.1) is 7.11 Å². The van der Waals surface area contributed by atoms with Crippen LogP contribution in [0.5, 0.6) is 11.6 Å². The number of methoxy groups -OCH3 is 1. The molecule has 1 amide bonds. The quantitative estimate of drug-likeness (QED) is 0.589. The zero-order valence-corrected chi connectivity index (χ0v) is 19.5. The summed E-state index contributed by atoms with van der Waals surface area (Å²) in [4.78, 5) is 30.3. The first-order valence-electron chi connectivity index (χ1n) is 10.9. The van der Waals surface area contributed by atoms with E-state index in [1.54, 1.807) is 24.1 Å². The molecule has 0 saturated carbocycles. The Bertz CT molecular complexity index is 959. The first kappa shape index (κ1) is 23.6. The van der Waals surface area contributed by atoms with Crippen LogP contribution in [0.1, 0.15) is 68.1 Å². The molecule has 1 aliphatic rings. The fourth-order valence-electron chi connectivity index (χ4n) is 3.66. The van der Waals surface area contributed by atoms with Crippen LogP contribution >= 0.6 is 0 Å². The van der Waals surface area contributed by atoms with Gasteiger partial charge in [-0.15, -0.1) is 0 Å². The monoisotopic (exact) mass is 440 g/mol. The van der Waals surface area contributed by atoms with Crippen molar-refractivity contribution < 1.29 is 23.8 Å². The molecule has 172 valence electrons. The van der Waals surface area contributed by atoms with E-state index in [-0.39, 0.29) is 24.4 Å². The van der Waals surface area contributed by atoms with Crippen molar-refractivity contribution in [2.24, 2.45) is 0 Å². The van der Waals surface area contributed by atoms with Crippen molar-refractivity contribution in [3.8, 4) is 11.6 Å². The number of hydrogen-bond acceptors (Lipinski definition) is 6. The molecule has 0 aliphatic carbocycles. The number of pyridine rings is 1. The highest BCUT2D eigenvalue weighted by Crippen LogP contribution is 2.29. The first-order valence-corrected chi connectivity index (χ1v) is 10.9. The van der Waals surface area contributed by atoms with Gasteiger partial charge in [-0.25, -0.2) is 9.78 Å². The van der Waals surface area contributed by atoms with Gasteiger partial charge in [-0.1, -0.05) is 18.2 Å². The smallest absolute Gasteiger partial charge is 0.410 e. The van der Waals surface area contributed by atoms with Gasteiger partial charge in [-0.3, -0.25) is 4.79 Å². The van der Waals surface area contributed by atoms with Crippen LogP contribution in [0.4, 0.5) is 4.79 Å². The average Bonchev–Trinajstić information content (AvgIpc) is 2.76. The van der Waals surface area contributed by atoms with Gasteiger partial charge in [0.2, 0.25) is 5.88 Å². The molecule has 0 radical (unpaired) electrons. The molecule has 1 saturated heterocycles. The molecular formula is C25H32N2O5. The molecule has 0 unspecified atom stereocenters. The summed E-state index contributed by atoms with van der Waals surface area (Å²) in [6.07, 6.45) is 1.40. The molecule has 7 heteroatoms. The van der Waals surface area contributed by atoms with E-state index in [4.69, 9.17) is 19.2 Å². The van der Waals surface area contributed by atoms with Crippen LogP contribution in [-0.4, -0.2) is 47.6 Å². The second kappa shape index (κ2) is 10.0. The third-order valence-corrected chi connectivity index (χ3v) is 5.38. The lowest BCUT2D eigenvalue weighted by atomic mass is 9.93. The largest absolute Gasteiger partial charge is 0.496 e. The molecule has 0 spiro atoms. The van der Waals surface area contributed by atoms with Crippen LogP contribution in [0.3, 0.4) is 0 Å². The predicted molar refractivity (Wildman–Crippen MR) is 121 cm³/mol. The van der Waals surface area contributed by atoms with Crippen LogP contribution in [0, 0.1) is 0 Å². The number of aromatic nitrogens is 1. The molecular weight excluding hydrogens is 408 g/mol. The molecule has 0 bridgehead atoms. The minimum absolute atomic E-state index is 0.0112. The average molecular weight is 441 g/mol. The molecule has 1 aromatic carbocycles. The van der Waals surface area contributed by atoms with Gasteiger partial charge in [-0.2, -0.15) is 0 Å². The highest BCUT2D eigenvalue weighted by atomic mass is 16.6. The Kier molecular flexibility index (Phi) is 7.38. The van der Waals surface area contributed by atoms with E-state index in [0.29, 0.717) is 30.3 Å². The number of likely N-dealkylation sites (tertiary alicyclic amines) is 1. The number of carbonyl (C=O) groups is 2. The van der Waals surface area contributed by atoms with Crippen LogP contribution in [0.2, 0.25) is 0 Å². The van der Waals surface area contributed by atoms with E-state index in [2.05, 4.69) is 0 Å².